The summed E-state index contributed by atoms with van der Waals surface area (Å²) < 4.78 is 18.5. The fourth-order valence-corrected chi connectivity index (χ4v) is 1.73. The lowest BCUT2D eigenvalue weighted by Gasteiger charge is -2.08. The molecule has 1 aromatic carbocycles. The summed E-state index contributed by atoms with van der Waals surface area (Å²) in [6.45, 7) is 0.0129. The molecular weight excluding hydrogens is 329 g/mol. The summed E-state index contributed by atoms with van der Waals surface area (Å²) in [5.74, 6) is -3.42. The molecule has 1 aromatic heterocycles. The lowest BCUT2D eigenvalue weighted by Crippen LogP contribution is -2.48. The van der Waals surface area contributed by atoms with E-state index in [1.54, 1.807) is 12.1 Å². The van der Waals surface area contributed by atoms with E-state index in [1.807, 2.05) is 10.9 Å². The molecule has 0 saturated carbocycles. The molecule has 0 aliphatic rings. The van der Waals surface area contributed by atoms with Crippen LogP contribution in [-0.2, 0) is 16.1 Å². The first-order valence-electron chi connectivity index (χ1n) is 6.33. The van der Waals surface area contributed by atoms with Crippen LogP contribution in [0.15, 0.2) is 41.0 Å². The number of hydrogen-bond donors (Lipinski definition) is 3. The van der Waals surface area contributed by atoms with Crippen molar-refractivity contribution in [2.75, 3.05) is 0 Å². The maximum Gasteiger partial charge on any atom is 0.327 e. The van der Waals surface area contributed by atoms with Gasteiger partial charge in [0.25, 0.3) is 5.91 Å². The molecular formula is C14H11ClFN3O4. The summed E-state index contributed by atoms with van der Waals surface area (Å²) in [6, 6.07) is 6.66. The maximum atomic E-state index is 13.5. The molecule has 3 amide bonds. The highest BCUT2D eigenvalue weighted by Crippen LogP contribution is 2.14. The number of hydrazine groups is 1. The smallest absolute Gasteiger partial charge is 0.327 e. The second-order valence-corrected chi connectivity index (χ2v) is 4.73. The third kappa shape index (κ3) is 4.55. The third-order valence-electron chi connectivity index (χ3n) is 2.67. The number of hydrogen-bond acceptors (Lipinski definition) is 4. The Kier molecular flexibility index (Phi) is 5.32. The number of nitrogens with one attached hydrogen (secondary N) is 3. The fourth-order valence-electron chi connectivity index (χ4n) is 1.57. The summed E-state index contributed by atoms with van der Waals surface area (Å²) >= 11 is 5.57. The number of benzene rings is 1. The molecule has 0 bridgehead atoms. The van der Waals surface area contributed by atoms with E-state index in [4.69, 9.17) is 16.0 Å². The van der Waals surface area contributed by atoms with E-state index in [0.717, 1.165) is 12.1 Å². The quantitative estimate of drug-likeness (QED) is 0.577. The van der Waals surface area contributed by atoms with Crippen molar-refractivity contribution in [3.63, 3.8) is 0 Å². The van der Waals surface area contributed by atoms with Crippen molar-refractivity contribution in [3.05, 3.63) is 58.8 Å². The Morgan fingerprint density at radius 3 is 2.57 bits per heavy atom. The zero-order valence-electron chi connectivity index (χ0n) is 11.6. The van der Waals surface area contributed by atoms with E-state index in [2.05, 4.69) is 5.32 Å². The van der Waals surface area contributed by atoms with Gasteiger partial charge in [0.1, 0.15) is 11.6 Å². The Morgan fingerprint density at radius 1 is 1.13 bits per heavy atom. The second kappa shape index (κ2) is 7.41. The summed E-state index contributed by atoms with van der Waals surface area (Å²) in [7, 11) is 0. The Morgan fingerprint density at radius 2 is 1.91 bits per heavy atom. The van der Waals surface area contributed by atoms with Gasteiger partial charge in [-0.1, -0.05) is 11.6 Å². The molecule has 1 heterocycles. The van der Waals surface area contributed by atoms with Gasteiger partial charge in [0.15, 0.2) is 0 Å². The normalized spacial score (nSPS) is 10.0. The van der Waals surface area contributed by atoms with Gasteiger partial charge in [-0.25, -0.2) is 4.39 Å². The molecule has 3 N–H and O–H groups in total. The minimum atomic E-state index is -1.11. The predicted molar refractivity (Wildman–Crippen MR) is 77.6 cm³/mol. The van der Waals surface area contributed by atoms with E-state index < -0.39 is 23.5 Å². The van der Waals surface area contributed by atoms with Gasteiger partial charge in [0.05, 0.1) is 18.4 Å². The molecule has 0 spiro atoms. The molecule has 9 heteroatoms. The summed E-state index contributed by atoms with van der Waals surface area (Å²) in [5.41, 5.74) is 3.47. The molecule has 0 atom stereocenters. The maximum absolute atomic E-state index is 13.5. The zero-order valence-corrected chi connectivity index (χ0v) is 12.3. The molecule has 120 valence electrons. The van der Waals surface area contributed by atoms with Gasteiger partial charge < -0.3 is 9.73 Å². The lowest BCUT2D eigenvalue weighted by atomic mass is 10.2. The van der Waals surface area contributed by atoms with Gasteiger partial charge in [-0.15, -0.1) is 0 Å². The van der Waals surface area contributed by atoms with Crippen molar-refractivity contribution >= 4 is 29.3 Å². The van der Waals surface area contributed by atoms with Crippen LogP contribution in [0.5, 0.6) is 0 Å². The van der Waals surface area contributed by atoms with E-state index in [9.17, 15) is 18.8 Å². The Labute approximate surface area is 134 Å². The Balaban J connectivity index is 1.83. The SMILES string of the molecule is O=C(NCc1ccco1)C(=O)NNC(=O)c1ccc(Cl)cc1F. The topological polar surface area (TPSA) is 100 Å². The highest BCUT2D eigenvalue weighted by molar-refractivity contribution is 6.35. The van der Waals surface area contributed by atoms with Crippen LogP contribution in [0.4, 0.5) is 4.39 Å². The minimum absolute atomic E-state index is 0.0129. The van der Waals surface area contributed by atoms with Crippen LogP contribution in [0.2, 0.25) is 5.02 Å². The van der Waals surface area contributed by atoms with Gasteiger partial charge in [-0.2, -0.15) is 0 Å². The van der Waals surface area contributed by atoms with Crippen molar-refractivity contribution < 1.29 is 23.2 Å². The van der Waals surface area contributed by atoms with Crippen LogP contribution in [-0.4, -0.2) is 17.7 Å². The molecule has 0 radical (unpaired) electrons. The first-order valence-corrected chi connectivity index (χ1v) is 6.71. The first kappa shape index (κ1) is 16.5. The molecule has 0 aliphatic carbocycles. The van der Waals surface area contributed by atoms with Crippen molar-refractivity contribution in [3.8, 4) is 0 Å². The van der Waals surface area contributed by atoms with E-state index in [1.165, 1.54) is 12.3 Å². The van der Waals surface area contributed by atoms with Crippen LogP contribution in [0, 0.1) is 5.82 Å². The van der Waals surface area contributed by atoms with E-state index >= 15 is 0 Å². The van der Waals surface area contributed by atoms with Crippen LogP contribution < -0.4 is 16.2 Å². The molecule has 2 rings (SSSR count). The summed E-state index contributed by atoms with van der Waals surface area (Å²) in [6.07, 6.45) is 1.42. The van der Waals surface area contributed by atoms with Gasteiger partial charge in [-0.3, -0.25) is 25.2 Å². The van der Waals surface area contributed by atoms with Crippen LogP contribution >= 0.6 is 11.6 Å². The highest BCUT2D eigenvalue weighted by atomic mass is 35.5. The minimum Gasteiger partial charge on any atom is -0.467 e. The van der Waals surface area contributed by atoms with Crippen LogP contribution in [0.1, 0.15) is 16.1 Å². The number of carbonyl (C=O) groups excluding carboxylic acids is 3. The van der Waals surface area contributed by atoms with Gasteiger partial charge in [-0.05, 0) is 30.3 Å². The monoisotopic (exact) mass is 339 g/mol. The lowest BCUT2D eigenvalue weighted by molar-refractivity contribution is -0.139. The standard InChI is InChI=1S/C14H11ClFN3O4/c15-8-3-4-10(11(16)6-8)12(20)18-19-14(22)13(21)17-7-9-2-1-5-23-9/h1-6H,7H2,(H,17,21)(H,18,20)(H,19,22). The van der Waals surface area contributed by atoms with Crippen molar-refractivity contribution in [2.24, 2.45) is 0 Å². The summed E-state index contributed by atoms with van der Waals surface area (Å²) in [5, 5.41) is 2.40. The molecule has 2 aromatic rings. The van der Waals surface area contributed by atoms with E-state index in [-0.39, 0.29) is 17.1 Å². The number of furan rings is 1. The van der Waals surface area contributed by atoms with Gasteiger partial charge in [0.2, 0.25) is 0 Å². The number of rotatable bonds is 3. The largest absolute Gasteiger partial charge is 0.467 e. The second-order valence-electron chi connectivity index (χ2n) is 4.29. The highest BCUT2D eigenvalue weighted by Gasteiger charge is 2.16. The van der Waals surface area contributed by atoms with Crippen molar-refractivity contribution in [1.82, 2.24) is 16.2 Å². The molecule has 0 unspecified atom stereocenters. The van der Waals surface area contributed by atoms with Crippen LogP contribution in [0.25, 0.3) is 0 Å². The van der Waals surface area contributed by atoms with E-state index in [0.29, 0.717) is 5.76 Å². The third-order valence-corrected chi connectivity index (χ3v) is 2.91. The van der Waals surface area contributed by atoms with Gasteiger partial charge in [0, 0.05) is 5.02 Å². The summed E-state index contributed by atoms with van der Waals surface area (Å²) in [4.78, 5) is 34.7. The fraction of sp³-hybridized carbons (Fsp3) is 0.0714. The molecule has 23 heavy (non-hydrogen) atoms. The number of halogens is 2. The molecule has 0 fully saturated rings. The first-order chi connectivity index (χ1) is 11.0. The van der Waals surface area contributed by atoms with Crippen molar-refractivity contribution in [2.45, 2.75) is 6.54 Å². The molecule has 7 nitrogen and oxygen atoms in total. The number of amides is 3. The van der Waals surface area contributed by atoms with Crippen LogP contribution in [0.3, 0.4) is 0 Å². The Bertz CT molecular complexity index is 734. The molecule has 0 saturated heterocycles. The Hall–Kier alpha value is -2.87. The predicted octanol–water partition coefficient (Wildman–Crippen LogP) is 1.15. The van der Waals surface area contributed by atoms with Crippen molar-refractivity contribution in [1.29, 1.82) is 0 Å². The van der Waals surface area contributed by atoms with Gasteiger partial charge >= 0.3 is 11.8 Å². The average molecular weight is 340 g/mol. The molecule has 0 aliphatic heterocycles. The number of carbonyl (C=O) groups is 3. The average Bonchev–Trinajstić information content (AvgIpc) is 3.03. The zero-order chi connectivity index (χ0) is 16.8.